The van der Waals surface area contributed by atoms with Crippen LogP contribution in [0, 0.1) is 0 Å². The van der Waals surface area contributed by atoms with Gasteiger partial charge in [0.25, 0.3) is 5.91 Å². The molecule has 4 rings (SSSR count). The Morgan fingerprint density at radius 3 is 2.53 bits per heavy atom. The number of carbonyl (C=O) groups excluding carboxylic acids is 1. The lowest BCUT2D eigenvalue weighted by Crippen LogP contribution is -2.20. The Kier molecular flexibility index (Phi) is 7.44. The van der Waals surface area contributed by atoms with Crippen molar-refractivity contribution in [3.8, 4) is 11.6 Å². The van der Waals surface area contributed by atoms with Gasteiger partial charge in [-0.2, -0.15) is 4.98 Å². The minimum Gasteiger partial charge on any atom is -0.492 e. The number of methoxy groups -OCH3 is 1. The molecule has 0 bridgehead atoms. The molecule has 1 aromatic carbocycles. The van der Waals surface area contributed by atoms with E-state index in [2.05, 4.69) is 20.0 Å². The van der Waals surface area contributed by atoms with Gasteiger partial charge < -0.3 is 19.4 Å². The zero-order valence-corrected chi connectivity index (χ0v) is 23.6. The van der Waals surface area contributed by atoms with Crippen LogP contribution in [0.25, 0.3) is 5.76 Å². The molecule has 1 amide bonds. The van der Waals surface area contributed by atoms with Gasteiger partial charge in [-0.1, -0.05) is 20.8 Å². The molecule has 0 radical (unpaired) electrons. The lowest BCUT2D eigenvalue weighted by Gasteiger charge is -2.24. The lowest BCUT2D eigenvalue weighted by molar-refractivity contribution is 0.101. The molecule has 1 aliphatic rings. The van der Waals surface area contributed by atoms with E-state index in [1.165, 1.54) is 13.3 Å². The number of nitrogens with one attached hydrogen (secondary N) is 2. The summed E-state index contributed by atoms with van der Waals surface area (Å²) >= 11 is 5.90. The Morgan fingerprint density at radius 1 is 1.18 bits per heavy atom. The standard InChI is InChI=1S/C26H30ClN5O5S/c1-26(2,3)16-13-17(23(36-5)18(14-16)31-38(6,34)35)29-24(33)19-12-15-8-7-9-20(22(15)32(19)4)37-21-10-11-28-25(27)30-21/h9-14,31H,7-8H2,1-6H3,(H,29,33). The van der Waals surface area contributed by atoms with E-state index in [0.29, 0.717) is 23.0 Å². The van der Waals surface area contributed by atoms with E-state index in [9.17, 15) is 13.2 Å². The fraction of sp³-hybridized carbons (Fsp3) is 0.346. The largest absolute Gasteiger partial charge is 0.492 e. The van der Waals surface area contributed by atoms with Crippen LogP contribution < -0.4 is 19.5 Å². The molecule has 0 atom stereocenters. The van der Waals surface area contributed by atoms with Crippen molar-refractivity contribution in [3.63, 3.8) is 0 Å². The van der Waals surface area contributed by atoms with Crippen molar-refractivity contribution in [2.75, 3.05) is 23.4 Å². The van der Waals surface area contributed by atoms with Crippen LogP contribution >= 0.6 is 11.6 Å². The number of carbonyl (C=O) groups is 1. The number of rotatable bonds is 7. The lowest BCUT2D eigenvalue weighted by atomic mass is 9.86. The summed E-state index contributed by atoms with van der Waals surface area (Å²) in [4.78, 5) is 21.5. The van der Waals surface area contributed by atoms with Crippen molar-refractivity contribution >= 4 is 44.7 Å². The van der Waals surface area contributed by atoms with Gasteiger partial charge in [-0.15, -0.1) is 0 Å². The van der Waals surface area contributed by atoms with E-state index < -0.39 is 10.0 Å². The van der Waals surface area contributed by atoms with Gasteiger partial charge in [0.15, 0.2) is 5.75 Å². The van der Waals surface area contributed by atoms with E-state index in [-0.39, 0.29) is 28.0 Å². The van der Waals surface area contributed by atoms with Gasteiger partial charge in [0.1, 0.15) is 11.5 Å². The summed E-state index contributed by atoms with van der Waals surface area (Å²) in [7, 11) is -0.396. The molecule has 10 nitrogen and oxygen atoms in total. The number of halogens is 1. The van der Waals surface area contributed by atoms with Crippen molar-refractivity contribution in [2.45, 2.75) is 39.0 Å². The molecule has 0 aliphatic heterocycles. The van der Waals surface area contributed by atoms with Gasteiger partial charge >= 0.3 is 0 Å². The van der Waals surface area contributed by atoms with E-state index in [0.717, 1.165) is 35.9 Å². The van der Waals surface area contributed by atoms with Gasteiger partial charge in [0, 0.05) is 19.3 Å². The Balaban J connectivity index is 1.71. The maximum absolute atomic E-state index is 13.6. The van der Waals surface area contributed by atoms with Crippen LogP contribution in [-0.2, 0) is 28.9 Å². The summed E-state index contributed by atoms with van der Waals surface area (Å²) in [5.74, 6) is 0.682. The maximum Gasteiger partial charge on any atom is 0.272 e. The summed E-state index contributed by atoms with van der Waals surface area (Å²) < 4.78 is 39.8. The number of nitrogens with zero attached hydrogens (tertiary/aromatic N) is 3. The summed E-state index contributed by atoms with van der Waals surface area (Å²) in [5.41, 5.74) is 3.17. The first-order chi connectivity index (χ1) is 17.8. The van der Waals surface area contributed by atoms with Gasteiger partial charge in [-0.05, 0) is 65.3 Å². The van der Waals surface area contributed by atoms with E-state index in [4.69, 9.17) is 21.1 Å². The van der Waals surface area contributed by atoms with Crippen LogP contribution in [0.15, 0.2) is 36.5 Å². The fourth-order valence-corrected chi connectivity index (χ4v) is 4.96. The highest BCUT2D eigenvalue weighted by atomic mass is 35.5. The first kappa shape index (κ1) is 27.5. The van der Waals surface area contributed by atoms with Gasteiger partial charge in [-0.3, -0.25) is 9.52 Å². The molecular formula is C26H30ClN5O5S. The highest BCUT2D eigenvalue weighted by molar-refractivity contribution is 7.92. The highest BCUT2D eigenvalue weighted by Gasteiger charge is 2.26. The Bertz CT molecular complexity index is 1540. The molecule has 0 saturated carbocycles. The number of allylic oxidation sites excluding steroid dienone is 1. The molecule has 1 aliphatic carbocycles. The molecule has 2 N–H and O–H groups in total. The number of anilines is 2. The van der Waals surface area contributed by atoms with E-state index >= 15 is 0 Å². The van der Waals surface area contributed by atoms with Gasteiger partial charge in [0.2, 0.25) is 21.2 Å². The normalized spacial score (nSPS) is 13.4. The zero-order chi connectivity index (χ0) is 27.8. The first-order valence-electron chi connectivity index (χ1n) is 11.8. The molecule has 0 unspecified atom stereocenters. The fourth-order valence-electron chi connectivity index (χ4n) is 4.27. The second-order valence-corrected chi connectivity index (χ2v) is 12.1. The number of sulfonamides is 1. The third kappa shape index (κ3) is 5.94. The maximum atomic E-state index is 13.6. The molecule has 0 fully saturated rings. The number of benzene rings is 1. The average Bonchev–Trinajstić information content (AvgIpc) is 3.15. The Hall–Kier alpha value is -3.57. The monoisotopic (exact) mass is 559 g/mol. The summed E-state index contributed by atoms with van der Waals surface area (Å²) in [6.07, 6.45) is 5.97. The van der Waals surface area contributed by atoms with Crippen LogP contribution in [-0.4, -0.2) is 42.2 Å². The molecule has 38 heavy (non-hydrogen) atoms. The van der Waals surface area contributed by atoms with Crippen LogP contribution in [0.3, 0.4) is 0 Å². The molecule has 202 valence electrons. The van der Waals surface area contributed by atoms with Crippen molar-refractivity contribution in [1.29, 1.82) is 0 Å². The predicted octanol–water partition coefficient (Wildman–Crippen LogP) is 4.76. The molecule has 0 spiro atoms. The van der Waals surface area contributed by atoms with E-state index in [1.807, 2.05) is 32.9 Å². The highest BCUT2D eigenvalue weighted by Crippen LogP contribution is 2.39. The number of ether oxygens (including phenoxy) is 2. The number of aromatic nitrogens is 3. The quantitative estimate of drug-likeness (QED) is 0.400. The number of fused-ring (bicyclic) bond motifs is 1. The number of hydrogen-bond acceptors (Lipinski definition) is 7. The first-order valence-corrected chi connectivity index (χ1v) is 14.1. The summed E-state index contributed by atoms with van der Waals surface area (Å²) in [6, 6.07) is 6.93. The minimum absolute atomic E-state index is 0.0715. The Labute approximate surface area is 227 Å². The van der Waals surface area contributed by atoms with Crippen molar-refractivity contribution in [3.05, 3.63) is 64.3 Å². The molecule has 2 heterocycles. The van der Waals surface area contributed by atoms with Gasteiger partial charge in [0.05, 0.1) is 30.4 Å². The van der Waals surface area contributed by atoms with Crippen molar-refractivity contribution < 1.29 is 22.7 Å². The van der Waals surface area contributed by atoms with Crippen molar-refractivity contribution in [1.82, 2.24) is 14.5 Å². The van der Waals surface area contributed by atoms with Crippen LogP contribution in [0.1, 0.15) is 54.5 Å². The predicted molar refractivity (Wildman–Crippen MR) is 147 cm³/mol. The van der Waals surface area contributed by atoms with Crippen LogP contribution in [0.4, 0.5) is 11.4 Å². The molecule has 2 aromatic heterocycles. The topological polar surface area (TPSA) is 124 Å². The number of amides is 1. The zero-order valence-electron chi connectivity index (χ0n) is 22.0. The third-order valence-electron chi connectivity index (χ3n) is 6.04. The second kappa shape index (κ2) is 10.3. The van der Waals surface area contributed by atoms with Crippen LogP contribution in [0.2, 0.25) is 5.28 Å². The third-order valence-corrected chi connectivity index (χ3v) is 6.81. The SMILES string of the molecule is COc1c(NC(=O)c2cc3c(n2C)C(Oc2ccnc(Cl)n2)=CCC3)cc(C(C)(C)C)cc1NS(C)(=O)=O. The van der Waals surface area contributed by atoms with Gasteiger partial charge in [-0.25, -0.2) is 13.4 Å². The second-order valence-electron chi connectivity index (χ2n) is 10.0. The smallest absolute Gasteiger partial charge is 0.272 e. The van der Waals surface area contributed by atoms with Crippen molar-refractivity contribution in [2.24, 2.45) is 7.05 Å². The van der Waals surface area contributed by atoms with E-state index in [1.54, 1.807) is 29.8 Å². The minimum atomic E-state index is -3.60. The van der Waals surface area contributed by atoms with Crippen LogP contribution in [0.5, 0.6) is 11.6 Å². The number of hydrogen-bond donors (Lipinski definition) is 2. The number of aryl methyl sites for hydroxylation is 1. The summed E-state index contributed by atoms with van der Waals surface area (Å²) in [6.45, 7) is 5.98. The molecule has 0 saturated heterocycles. The molecular weight excluding hydrogens is 530 g/mol. The molecule has 3 aromatic rings. The average molecular weight is 560 g/mol. The molecule has 12 heteroatoms. The summed E-state index contributed by atoms with van der Waals surface area (Å²) in [5, 5.41) is 2.99. The Morgan fingerprint density at radius 2 is 1.89 bits per heavy atom.